The van der Waals surface area contributed by atoms with Crippen LogP contribution in [0.5, 0.6) is 0 Å². The molecule has 0 spiro atoms. The SMILES string of the molecule is CNC(c1ccc(-c2ccc(Br)cc2Cl)s1)C(C)C. The third kappa shape index (κ3) is 3.40. The molecule has 1 N–H and O–H groups in total. The standard InChI is InChI=1S/C15H17BrClNS/c1-9(2)15(18-3)14-7-6-13(19-14)11-5-4-10(16)8-12(11)17/h4-9,15,18H,1-3H3. The van der Waals surface area contributed by atoms with Crippen molar-refractivity contribution in [2.24, 2.45) is 5.92 Å². The fourth-order valence-corrected chi connectivity index (χ4v) is 4.32. The highest BCUT2D eigenvalue weighted by molar-refractivity contribution is 9.10. The minimum Gasteiger partial charge on any atom is -0.312 e. The van der Waals surface area contributed by atoms with Crippen LogP contribution in [0.2, 0.25) is 5.02 Å². The van der Waals surface area contributed by atoms with Gasteiger partial charge in [0, 0.05) is 25.8 Å². The first-order valence-electron chi connectivity index (χ1n) is 6.25. The van der Waals surface area contributed by atoms with Crippen molar-refractivity contribution < 1.29 is 0 Å². The Morgan fingerprint density at radius 1 is 1.21 bits per heavy atom. The van der Waals surface area contributed by atoms with Gasteiger partial charge in [0.25, 0.3) is 0 Å². The summed E-state index contributed by atoms with van der Waals surface area (Å²) in [6.07, 6.45) is 0. The van der Waals surface area contributed by atoms with Crippen LogP contribution in [0.15, 0.2) is 34.8 Å². The van der Waals surface area contributed by atoms with E-state index in [0.29, 0.717) is 12.0 Å². The lowest BCUT2D eigenvalue weighted by atomic mass is 10.0. The maximum atomic E-state index is 6.31. The van der Waals surface area contributed by atoms with Crippen molar-refractivity contribution in [2.45, 2.75) is 19.9 Å². The molecule has 1 atom stereocenters. The summed E-state index contributed by atoms with van der Waals surface area (Å²) in [5, 5.41) is 4.16. The number of halogens is 2. The molecular formula is C15H17BrClNS. The van der Waals surface area contributed by atoms with E-state index in [1.165, 1.54) is 9.75 Å². The highest BCUT2D eigenvalue weighted by atomic mass is 79.9. The Kier molecular flexibility index (Phi) is 5.07. The fraction of sp³-hybridized carbons (Fsp3) is 0.333. The van der Waals surface area contributed by atoms with Crippen molar-refractivity contribution in [3.05, 3.63) is 44.7 Å². The summed E-state index contributed by atoms with van der Waals surface area (Å²) in [6, 6.07) is 10.8. The summed E-state index contributed by atoms with van der Waals surface area (Å²) in [5.74, 6) is 0.567. The first-order chi connectivity index (χ1) is 9.02. The predicted octanol–water partition coefficient (Wildman–Crippen LogP) is 5.75. The summed E-state index contributed by atoms with van der Waals surface area (Å²) in [4.78, 5) is 2.57. The second-order valence-electron chi connectivity index (χ2n) is 4.84. The van der Waals surface area contributed by atoms with Crippen LogP contribution in [0.25, 0.3) is 10.4 Å². The van der Waals surface area contributed by atoms with E-state index in [9.17, 15) is 0 Å². The molecule has 1 aromatic carbocycles. The smallest absolute Gasteiger partial charge is 0.0503 e. The maximum Gasteiger partial charge on any atom is 0.0503 e. The van der Waals surface area contributed by atoms with E-state index >= 15 is 0 Å². The summed E-state index contributed by atoms with van der Waals surface area (Å²) >= 11 is 11.6. The highest BCUT2D eigenvalue weighted by Gasteiger charge is 2.16. The van der Waals surface area contributed by atoms with Crippen molar-refractivity contribution in [1.29, 1.82) is 0 Å². The summed E-state index contributed by atoms with van der Waals surface area (Å²) in [7, 11) is 2.01. The molecule has 4 heteroatoms. The summed E-state index contributed by atoms with van der Waals surface area (Å²) < 4.78 is 1.01. The molecule has 1 aromatic heterocycles. The van der Waals surface area contributed by atoms with Gasteiger partial charge in [-0.15, -0.1) is 11.3 Å². The minimum atomic E-state index is 0.396. The second kappa shape index (κ2) is 6.40. The molecule has 0 aliphatic heterocycles. The molecule has 2 rings (SSSR count). The van der Waals surface area contributed by atoms with Gasteiger partial charge in [0.15, 0.2) is 0 Å². The molecule has 0 saturated heterocycles. The number of nitrogens with one attached hydrogen (secondary N) is 1. The third-order valence-corrected chi connectivity index (χ3v) is 5.12. The van der Waals surface area contributed by atoms with Gasteiger partial charge in [0.1, 0.15) is 0 Å². The average molecular weight is 359 g/mol. The van der Waals surface area contributed by atoms with Crippen LogP contribution < -0.4 is 5.32 Å². The maximum absolute atomic E-state index is 6.31. The lowest BCUT2D eigenvalue weighted by molar-refractivity contribution is 0.449. The van der Waals surface area contributed by atoms with Gasteiger partial charge in [-0.05, 0) is 37.2 Å². The number of rotatable bonds is 4. The van der Waals surface area contributed by atoms with E-state index in [4.69, 9.17) is 11.6 Å². The van der Waals surface area contributed by atoms with E-state index in [1.807, 2.05) is 19.2 Å². The molecule has 102 valence electrons. The van der Waals surface area contributed by atoms with Crippen LogP contribution in [-0.4, -0.2) is 7.05 Å². The van der Waals surface area contributed by atoms with Gasteiger partial charge in [0.05, 0.1) is 5.02 Å². The van der Waals surface area contributed by atoms with Crippen molar-refractivity contribution in [1.82, 2.24) is 5.32 Å². The molecule has 0 saturated carbocycles. The van der Waals surface area contributed by atoms with Crippen LogP contribution in [0, 0.1) is 5.92 Å². The topological polar surface area (TPSA) is 12.0 Å². The molecular weight excluding hydrogens is 342 g/mol. The molecule has 0 aliphatic rings. The third-order valence-electron chi connectivity index (χ3n) is 3.11. The first kappa shape index (κ1) is 15.0. The Balaban J connectivity index is 2.35. The second-order valence-corrected chi connectivity index (χ2v) is 7.27. The Hall–Kier alpha value is -0.350. The molecule has 1 unspecified atom stereocenters. The van der Waals surface area contributed by atoms with E-state index in [-0.39, 0.29) is 0 Å². The fourth-order valence-electron chi connectivity index (χ4n) is 2.16. The number of thiophene rings is 1. The zero-order valence-electron chi connectivity index (χ0n) is 11.2. The first-order valence-corrected chi connectivity index (χ1v) is 8.24. The molecule has 1 nitrogen and oxygen atoms in total. The Labute approximate surface area is 132 Å². The largest absolute Gasteiger partial charge is 0.312 e. The quantitative estimate of drug-likeness (QED) is 0.734. The Morgan fingerprint density at radius 3 is 2.53 bits per heavy atom. The molecule has 0 amide bonds. The number of benzene rings is 1. The molecule has 1 heterocycles. The summed E-state index contributed by atoms with van der Waals surface area (Å²) in [5.41, 5.74) is 1.10. The van der Waals surface area contributed by atoms with Crippen LogP contribution in [0.1, 0.15) is 24.8 Å². The monoisotopic (exact) mass is 357 g/mol. The highest BCUT2D eigenvalue weighted by Crippen LogP contribution is 2.37. The molecule has 19 heavy (non-hydrogen) atoms. The Bertz CT molecular complexity index is 565. The molecule has 0 bridgehead atoms. The van der Waals surface area contributed by atoms with E-state index in [0.717, 1.165) is 15.1 Å². The van der Waals surface area contributed by atoms with Gasteiger partial charge in [-0.2, -0.15) is 0 Å². The summed E-state index contributed by atoms with van der Waals surface area (Å²) in [6.45, 7) is 4.46. The average Bonchev–Trinajstić information content (AvgIpc) is 2.78. The lowest BCUT2D eigenvalue weighted by Crippen LogP contribution is -2.20. The van der Waals surface area contributed by atoms with Gasteiger partial charge in [-0.25, -0.2) is 0 Å². The number of hydrogen-bond donors (Lipinski definition) is 1. The van der Waals surface area contributed by atoms with Crippen molar-refractivity contribution in [3.63, 3.8) is 0 Å². The van der Waals surface area contributed by atoms with E-state index in [1.54, 1.807) is 11.3 Å². The lowest BCUT2D eigenvalue weighted by Gasteiger charge is -2.18. The van der Waals surface area contributed by atoms with Gasteiger partial charge < -0.3 is 5.32 Å². The van der Waals surface area contributed by atoms with Crippen LogP contribution in [0.4, 0.5) is 0 Å². The zero-order valence-corrected chi connectivity index (χ0v) is 14.4. The van der Waals surface area contributed by atoms with Crippen LogP contribution in [-0.2, 0) is 0 Å². The van der Waals surface area contributed by atoms with Crippen molar-refractivity contribution in [2.75, 3.05) is 7.05 Å². The van der Waals surface area contributed by atoms with Gasteiger partial charge >= 0.3 is 0 Å². The van der Waals surface area contributed by atoms with Gasteiger partial charge in [0.2, 0.25) is 0 Å². The van der Waals surface area contributed by atoms with Crippen molar-refractivity contribution in [3.8, 4) is 10.4 Å². The van der Waals surface area contributed by atoms with Gasteiger partial charge in [-0.3, -0.25) is 0 Å². The van der Waals surface area contributed by atoms with E-state index in [2.05, 4.69) is 53.3 Å². The van der Waals surface area contributed by atoms with Gasteiger partial charge in [-0.1, -0.05) is 47.4 Å². The molecule has 0 fully saturated rings. The molecule has 0 aliphatic carbocycles. The normalized spacial score (nSPS) is 12.9. The number of hydrogen-bond acceptors (Lipinski definition) is 2. The van der Waals surface area contributed by atoms with Crippen LogP contribution >= 0.6 is 38.9 Å². The zero-order chi connectivity index (χ0) is 14.0. The Morgan fingerprint density at radius 2 is 1.95 bits per heavy atom. The molecule has 0 radical (unpaired) electrons. The van der Waals surface area contributed by atoms with Crippen molar-refractivity contribution >= 4 is 38.9 Å². The minimum absolute atomic E-state index is 0.396. The molecule has 2 aromatic rings. The van der Waals surface area contributed by atoms with Crippen LogP contribution in [0.3, 0.4) is 0 Å². The predicted molar refractivity (Wildman–Crippen MR) is 89.1 cm³/mol. The van der Waals surface area contributed by atoms with E-state index < -0.39 is 0 Å².